The topological polar surface area (TPSA) is 231 Å². The molecule has 2 saturated heterocycles. The molecule has 15 heteroatoms. The van der Waals surface area contributed by atoms with Crippen molar-refractivity contribution in [2.45, 2.75) is 210 Å². The summed E-state index contributed by atoms with van der Waals surface area (Å²) in [5, 5.41) is 72.1. The number of carbonyl (C=O) groups excluding carboxylic acids is 2. The summed E-state index contributed by atoms with van der Waals surface area (Å²) in [4.78, 5) is 25.7. The highest BCUT2D eigenvalue weighted by molar-refractivity contribution is 5.70. The first-order chi connectivity index (χ1) is 35.0. The summed E-state index contributed by atoms with van der Waals surface area (Å²) >= 11 is 0. The van der Waals surface area contributed by atoms with Gasteiger partial charge in [-0.15, -0.1) is 0 Å². The molecule has 2 fully saturated rings. The fraction of sp³-hybridized carbons (Fsp3) is 0.649. The highest BCUT2D eigenvalue weighted by atomic mass is 16.7. The average molecular weight is 1020 g/mol. The first-order valence-corrected chi connectivity index (χ1v) is 26.5. The molecule has 11 atom stereocenters. The Morgan fingerprint density at radius 1 is 0.444 bits per heavy atom. The van der Waals surface area contributed by atoms with Crippen molar-refractivity contribution in [1.82, 2.24) is 0 Å². The van der Waals surface area contributed by atoms with E-state index in [-0.39, 0.29) is 19.4 Å². The van der Waals surface area contributed by atoms with E-state index in [0.29, 0.717) is 25.7 Å². The van der Waals surface area contributed by atoms with Crippen molar-refractivity contribution in [3.8, 4) is 0 Å². The molecular weight excluding hydrogens is 925 g/mol. The first-order valence-electron chi connectivity index (χ1n) is 26.5. The van der Waals surface area contributed by atoms with Gasteiger partial charge in [0.05, 0.1) is 19.8 Å². The molecule has 0 aliphatic carbocycles. The molecule has 0 radical (unpaired) electrons. The molecule has 0 aromatic rings. The Hall–Kier alpha value is -3.84. The minimum Gasteiger partial charge on any atom is -0.462 e. The maximum atomic E-state index is 13.0. The van der Waals surface area contributed by atoms with Gasteiger partial charge in [0.25, 0.3) is 0 Å². The Kier molecular flexibility index (Phi) is 37.9. The summed E-state index contributed by atoms with van der Waals surface area (Å²) in [6.45, 7) is 2.37. The van der Waals surface area contributed by atoms with E-state index in [0.717, 1.165) is 51.4 Å². The third kappa shape index (κ3) is 29.8. The fourth-order valence-corrected chi connectivity index (χ4v) is 7.37. The molecule has 408 valence electrons. The Morgan fingerprint density at radius 3 is 1.31 bits per heavy atom. The monoisotopic (exact) mass is 1010 g/mol. The number of ether oxygens (including phenoxy) is 6. The predicted octanol–water partition coefficient (Wildman–Crippen LogP) is 7.93. The van der Waals surface area contributed by atoms with Gasteiger partial charge in [0, 0.05) is 12.8 Å². The van der Waals surface area contributed by atoms with Gasteiger partial charge in [-0.05, 0) is 89.9 Å². The molecule has 0 aromatic heterocycles. The Labute approximate surface area is 430 Å². The Morgan fingerprint density at radius 2 is 0.847 bits per heavy atom. The molecule has 4 unspecified atom stereocenters. The predicted molar refractivity (Wildman–Crippen MR) is 279 cm³/mol. The number of aliphatic hydroxyl groups excluding tert-OH is 7. The van der Waals surface area contributed by atoms with Gasteiger partial charge >= 0.3 is 11.9 Å². The molecule has 15 nitrogen and oxygen atoms in total. The second-order valence-electron chi connectivity index (χ2n) is 18.0. The van der Waals surface area contributed by atoms with E-state index in [2.05, 4.69) is 98.9 Å². The van der Waals surface area contributed by atoms with Crippen LogP contribution >= 0.6 is 0 Å². The minimum atomic E-state index is -1.79. The molecule has 0 spiro atoms. The fourth-order valence-electron chi connectivity index (χ4n) is 7.37. The summed E-state index contributed by atoms with van der Waals surface area (Å²) < 4.78 is 33.4. The lowest BCUT2D eigenvalue weighted by atomic mass is 9.98. The van der Waals surface area contributed by atoms with Crippen LogP contribution in [0.2, 0.25) is 0 Å². The molecule has 0 bridgehead atoms. The van der Waals surface area contributed by atoms with E-state index in [1.807, 2.05) is 24.3 Å². The van der Waals surface area contributed by atoms with E-state index in [1.54, 1.807) is 0 Å². The molecule has 0 aromatic carbocycles. The number of rotatable bonds is 39. The molecule has 2 aliphatic rings. The van der Waals surface area contributed by atoms with Crippen molar-refractivity contribution < 1.29 is 73.8 Å². The van der Waals surface area contributed by atoms with Crippen molar-refractivity contribution in [2.75, 3.05) is 26.4 Å². The van der Waals surface area contributed by atoms with Gasteiger partial charge in [-0.2, -0.15) is 0 Å². The smallest absolute Gasteiger partial charge is 0.306 e. The molecular formula is C57H90O15. The zero-order chi connectivity index (χ0) is 52.4. The molecule has 2 aliphatic heterocycles. The van der Waals surface area contributed by atoms with Crippen molar-refractivity contribution in [1.29, 1.82) is 0 Å². The lowest BCUT2D eigenvalue weighted by Gasteiger charge is -2.42. The van der Waals surface area contributed by atoms with Crippen LogP contribution < -0.4 is 0 Å². The lowest BCUT2D eigenvalue weighted by molar-refractivity contribution is -0.332. The average Bonchev–Trinajstić information content (AvgIpc) is 3.37. The Bertz CT molecular complexity index is 1660. The van der Waals surface area contributed by atoms with Crippen molar-refractivity contribution in [2.24, 2.45) is 0 Å². The second kappa shape index (κ2) is 42.5. The van der Waals surface area contributed by atoms with E-state index < -0.39 is 99.3 Å². The van der Waals surface area contributed by atoms with Crippen molar-refractivity contribution >= 4 is 11.9 Å². The maximum Gasteiger partial charge on any atom is 0.306 e. The summed E-state index contributed by atoms with van der Waals surface area (Å²) in [5.41, 5.74) is 0. The van der Waals surface area contributed by atoms with Gasteiger partial charge in [0.15, 0.2) is 18.7 Å². The van der Waals surface area contributed by atoms with Crippen LogP contribution in [0.1, 0.15) is 142 Å². The van der Waals surface area contributed by atoms with Crippen LogP contribution in [0.25, 0.3) is 0 Å². The van der Waals surface area contributed by atoms with Gasteiger partial charge in [-0.25, -0.2) is 0 Å². The number of hydrogen-bond donors (Lipinski definition) is 7. The summed E-state index contributed by atoms with van der Waals surface area (Å²) in [7, 11) is 0. The van der Waals surface area contributed by atoms with Crippen LogP contribution in [-0.2, 0) is 38.0 Å². The van der Waals surface area contributed by atoms with E-state index in [1.165, 1.54) is 38.5 Å². The van der Waals surface area contributed by atoms with E-state index in [4.69, 9.17) is 28.4 Å². The number of allylic oxidation sites excluding steroid dienone is 18. The Balaban J connectivity index is 1.87. The largest absolute Gasteiger partial charge is 0.462 e. The second-order valence-corrected chi connectivity index (χ2v) is 18.0. The quantitative estimate of drug-likeness (QED) is 0.0176. The normalized spacial score (nSPS) is 25.9. The van der Waals surface area contributed by atoms with Crippen LogP contribution in [0.4, 0.5) is 0 Å². The van der Waals surface area contributed by atoms with Gasteiger partial charge in [-0.1, -0.05) is 149 Å². The number of esters is 2. The van der Waals surface area contributed by atoms with Crippen LogP contribution in [0, 0.1) is 0 Å². The third-order valence-electron chi connectivity index (χ3n) is 11.7. The summed E-state index contributed by atoms with van der Waals surface area (Å²) in [5.74, 6) is -1.10. The van der Waals surface area contributed by atoms with Gasteiger partial charge in [0.2, 0.25) is 0 Å². The van der Waals surface area contributed by atoms with Crippen LogP contribution in [-0.4, -0.2) is 142 Å². The van der Waals surface area contributed by atoms with Gasteiger partial charge in [-0.3, -0.25) is 9.59 Å². The molecule has 72 heavy (non-hydrogen) atoms. The van der Waals surface area contributed by atoms with Gasteiger partial charge < -0.3 is 64.2 Å². The summed E-state index contributed by atoms with van der Waals surface area (Å²) in [6, 6.07) is 0. The number of hydrogen-bond acceptors (Lipinski definition) is 15. The molecule has 2 rings (SSSR count). The molecule has 0 saturated carbocycles. The minimum absolute atomic E-state index is 0.0670. The zero-order valence-corrected chi connectivity index (χ0v) is 43.1. The molecule has 7 N–H and O–H groups in total. The standard InChI is InChI=1S/C57H90O15/c1-3-5-7-9-11-13-15-17-19-21-22-24-25-27-29-31-33-35-37-39-48(59)67-42-45(70-49(60)40-38-36-34-32-30-28-26-23-20-18-16-14-12-10-8-6-4-2)43-68-56-55(66)53(64)51(62)47(72-56)44-69-57-54(65)52(63)50(61)46(41-58)71-57/h11-14,17-20,22,24,26-29,32-35,45-47,50-58,61-66H,3-10,15-16,21,23,25,30-31,36-44H2,1-2H3/b13-11+,14-12+,19-17+,20-18+,24-22+,28-26+,29-27+,34-32+,35-33+/t45-,46+,47+,50-,51-,52?,53?,54?,55?,56+,57+/m0/s1. The van der Waals surface area contributed by atoms with Crippen molar-refractivity contribution in [3.05, 3.63) is 109 Å². The number of unbranched alkanes of at least 4 members (excludes halogenated alkanes) is 7. The highest BCUT2D eigenvalue weighted by Gasteiger charge is 2.47. The van der Waals surface area contributed by atoms with E-state index in [9.17, 15) is 45.3 Å². The van der Waals surface area contributed by atoms with E-state index >= 15 is 0 Å². The van der Waals surface area contributed by atoms with Crippen molar-refractivity contribution in [3.63, 3.8) is 0 Å². The number of carbonyl (C=O) groups is 2. The number of aliphatic hydroxyl groups is 7. The third-order valence-corrected chi connectivity index (χ3v) is 11.7. The highest BCUT2D eigenvalue weighted by Crippen LogP contribution is 2.26. The molecule has 0 amide bonds. The first kappa shape index (κ1) is 64.3. The zero-order valence-electron chi connectivity index (χ0n) is 43.1. The summed E-state index contributed by atoms with van der Waals surface area (Å²) in [6.07, 6.45) is 38.4. The van der Waals surface area contributed by atoms with Crippen LogP contribution in [0.3, 0.4) is 0 Å². The van der Waals surface area contributed by atoms with Crippen LogP contribution in [0.5, 0.6) is 0 Å². The molecule has 2 heterocycles. The lowest BCUT2D eigenvalue weighted by Crippen LogP contribution is -2.61. The maximum absolute atomic E-state index is 13.0. The van der Waals surface area contributed by atoms with Gasteiger partial charge in [0.1, 0.15) is 55.4 Å². The van der Waals surface area contributed by atoms with Crippen LogP contribution in [0.15, 0.2) is 109 Å². The SMILES string of the molecule is CCCCC/C=C/C/C=C/C/C=C/C/C=C/C/C=C/CCC(=O)OC[C@@H](CO[C@@H]1O[C@H](CO[C@@H]2O[C@H](CO)[C@H](O)C(O)C2O)[C@H](O)C(O)C1O)OC(=O)CCC/C=C/C/C=C/C/C=C/C/C=C/CCCCC.